The molecule has 2 aromatic rings. The highest BCUT2D eigenvalue weighted by Crippen LogP contribution is 2.08. The number of aliphatic hydroxyl groups excluding tert-OH is 1. The zero-order valence-electron chi connectivity index (χ0n) is 15.9. The predicted octanol–water partition coefficient (Wildman–Crippen LogP) is 2.70. The fourth-order valence-corrected chi connectivity index (χ4v) is 3.25. The van der Waals surface area contributed by atoms with E-state index in [2.05, 4.69) is 51.9 Å². The van der Waals surface area contributed by atoms with Crippen molar-refractivity contribution in [2.75, 3.05) is 6.61 Å². The summed E-state index contributed by atoms with van der Waals surface area (Å²) >= 11 is 0. The predicted molar refractivity (Wildman–Crippen MR) is 98.9 cm³/mol. The van der Waals surface area contributed by atoms with Crippen molar-refractivity contribution in [1.82, 2.24) is 9.13 Å². The van der Waals surface area contributed by atoms with Crippen molar-refractivity contribution in [3.8, 4) is 0 Å². The average Bonchev–Trinajstić information content (AvgIpc) is 3.24. The molecule has 2 heterocycles. The van der Waals surface area contributed by atoms with Crippen molar-refractivity contribution in [1.29, 1.82) is 0 Å². The summed E-state index contributed by atoms with van der Waals surface area (Å²) in [6.07, 6.45) is 23.3. The summed E-state index contributed by atoms with van der Waals surface area (Å²) in [5.41, 5.74) is 0. The van der Waals surface area contributed by atoms with Crippen molar-refractivity contribution in [2.24, 2.45) is 0 Å². The average molecular weight is 349 g/mol. The van der Waals surface area contributed by atoms with Gasteiger partial charge in [0, 0.05) is 0 Å². The lowest BCUT2D eigenvalue weighted by Crippen LogP contribution is -2.30. The summed E-state index contributed by atoms with van der Waals surface area (Å²) in [5, 5.41) is 8.92. The summed E-state index contributed by atoms with van der Waals surface area (Å²) in [4.78, 5) is 0. The quantitative estimate of drug-likeness (QED) is 0.414. The van der Waals surface area contributed by atoms with Gasteiger partial charge in [0.2, 0.25) is 12.7 Å². The summed E-state index contributed by atoms with van der Waals surface area (Å²) in [6.45, 7) is 6.47. The molecule has 5 nitrogen and oxygen atoms in total. The first kappa shape index (κ1) is 19.7. The number of hydrogen-bond donors (Lipinski definition) is 1. The van der Waals surface area contributed by atoms with Crippen LogP contribution in [0.2, 0.25) is 0 Å². The van der Waals surface area contributed by atoms with E-state index >= 15 is 0 Å². The molecule has 0 aliphatic rings. The third kappa shape index (κ3) is 7.86. The van der Waals surface area contributed by atoms with E-state index in [1.54, 1.807) is 0 Å². The Morgan fingerprint density at radius 1 is 0.720 bits per heavy atom. The van der Waals surface area contributed by atoms with Gasteiger partial charge in [-0.15, -0.1) is 0 Å². The molecule has 2 rings (SSSR count). The van der Waals surface area contributed by atoms with Crippen LogP contribution in [0.15, 0.2) is 37.4 Å². The molecule has 25 heavy (non-hydrogen) atoms. The third-order valence-electron chi connectivity index (χ3n) is 4.67. The highest BCUT2D eigenvalue weighted by molar-refractivity contribution is 4.66. The summed E-state index contributed by atoms with van der Waals surface area (Å²) in [7, 11) is 0. The van der Waals surface area contributed by atoms with Crippen LogP contribution in [0.25, 0.3) is 0 Å². The lowest BCUT2D eigenvalue weighted by atomic mass is 10.1. The van der Waals surface area contributed by atoms with E-state index in [1.165, 1.54) is 51.4 Å². The molecule has 0 aliphatic carbocycles. The number of aromatic nitrogens is 4. The molecule has 0 aromatic carbocycles. The van der Waals surface area contributed by atoms with Gasteiger partial charge in [0.1, 0.15) is 31.3 Å². The second kappa shape index (κ2) is 11.9. The minimum atomic E-state index is 0.206. The minimum absolute atomic E-state index is 0.206. The third-order valence-corrected chi connectivity index (χ3v) is 4.67. The van der Waals surface area contributed by atoms with E-state index in [-0.39, 0.29) is 6.61 Å². The number of aryl methyl sites for hydroxylation is 3. The fraction of sp³-hybridized carbons (Fsp3) is 0.700. The lowest BCUT2D eigenvalue weighted by molar-refractivity contribution is -0.697. The van der Waals surface area contributed by atoms with Crippen LogP contribution in [0.5, 0.6) is 0 Å². The zero-order chi connectivity index (χ0) is 17.7. The Balaban J connectivity index is 1.42. The summed E-state index contributed by atoms with van der Waals surface area (Å²) < 4.78 is 8.85. The van der Waals surface area contributed by atoms with Gasteiger partial charge in [0.25, 0.3) is 0 Å². The van der Waals surface area contributed by atoms with Crippen LogP contribution in [-0.2, 0) is 26.2 Å². The Labute approximate surface area is 152 Å². The largest absolute Gasteiger partial charge is 0.392 e. The van der Waals surface area contributed by atoms with Crippen LogP contribution >= 0.6 is 0 Å². The van der Waals surface area contributed by atoms with Crippen LogP contribution < -0.4 is 9.13 Å². The molecule has 0 bridgehead atoms. The molecule has 1 N–H and O–H groups in total. The van der Waals surface area contributed by atoms with E-state index in [0.717, 1.165) is 19.6 Å². The molecular formula is C20H36N4O+2. The van der Waals surface area contributed by atoms with E-state index in [4.69, 9.17) is 5.11 Å². The Kier molecular flexibility index (Phi) is 9.34. The minimum Gasteiger partial charge on any atom is -0.392 e. The Hall–Kier alpha value is -1.62. The highest BCUT2D eigenvalue weighted by Gasteiger charge is 2.03. The first-order chi connectivity index (χ1) is 12.3. The number of imidazole rings is 2. The van der Waals surface area contributed by atoms with Crippen LogP contribution in [0, 0.1) is 0 Å². The topological polar surface area (TPSA) is 37.8 Å². The van der Waals surface area contributed by atoms with E-state index in [0.29, 0.717) is 6.54 Å². The molecular weight excluding hydrogens is 312 g/mol. The van der Waals surface area contributed by atoms with Crippen molar-refractivity contribution >= 4 is 0 Å². The normalized spacial score (nSPS) is 11.3. The molecule has 2 aromatic heterocycles. The fourth-order valence-electron chi connectivity index (χ4n) is 3.25. The first-order valence-electron chi connectivity index (χ1n) is 10.0. The monoisotopic (exact) mass is 348 g/mol. The maximum atomic E-state index is 8.92. The van der Waals surface area contributed by atoms with E-state index in [9.17, 15) is 0 Å². The number of nitrogens with zero attached hydrogens (tertiary/aromatic N) is 4. The number of rotatable bonds is 14. The molecule has 0 fully saturated rings. The maximum absolute atomic E-state index is 8.92. The smallest absolute Gasteiger partial charge is 0.243 e. The molecule has 0 radical (unpaired) electrons. The van der Waals surface area contributed by atoms with Gasteiger partial charge in [0.05, 0.1) is 26.2 Å². The van der Waals surface area contributed by atoms with Gasteiger partial charge < -0.3 is 5.11 Å². The second-order valence-corrected chi connectivity index (χ2v) is 6.98. The summed E-state index contributed by atoms with van der Waals surface area (Å²) in [6, 6.07) is 0. The van der Waals surface area contributed by atoms with Crippen LogP contribution in [0.4, 0.5) is 0 Å². The molecule has 0 saturated carbocycles. The van der Waals surface area contributed by atoms with Gasteiger partial charge >= 0.3 is 0 Å². The van der Waals surface area contributed by atoms with Crippen LogP contribution in [0.1, 0.15) is 58.3 Å². The molecule has 0 atom stereocenters. The Morgan fingerprint density at radius 3 is 1.92 bits per heavy atom. The standard InChI is InChI=1S/C20H36N4O/c1-2-10-21-13-14-22(19-21)11-8-6-4-3-5-7-9-12-23-15-16-24(20-23)17-18-25/h13-16,19-20,25H,2-12,17-18H2,1H3/q+2. The second-order valence-electron chi connectivity index (χ2n) is 6.98. The SMILES string of the molecule is CCC[n+]1ccn(CCCCCCCCC[n+]2ccn(CCO)c2)c1. The maximum Gasteiger partial charge on any atom is 0.243 e. The van der Waals surface area contributed by atoms with Crippen molar-refractivity contribution in [2.45, 2.75) is 84.5 Å². The van der Waals surface area contributed by atoms with Gasteiger partial charge in [-0.05, 0) is 32.1 Å². The van der Waals surface area contributed by atoms with Crippen LogP contribution in [-0.4, -0.2) is 20.8 Å². The number of hydrogen-bond acceptors (Lipinski definition) is 1. The molecule has 5 heteroatoms. The summed E-state index contributed by atoms with van der Waals surface area (Å²) in [5.74, 6) is 0. The van der Waals surface area contributed by atoms with Gasteiger partial charge in [-0.3, -0.25) is 0 Å². The van der Waals surface area contributed by atoms with Crippen molar-refractivity contribution in [3.63, 3.8) is 0 Å². The van der Waals surface area contributed by atoms with E-state index < -0.39 is 0 Å². The number of aliphatic hydroxyl groups is 1. The van der Waals surface area contributed by atoms with Gasteiger partial charge in [0.15, 0.2) is 0 Å². The van der Waals surface area contributed by atoms with Crippen molar-refractivity contribution in [3.05, 3.63) is 37.4 Å². The molecule has 0 spiro atoms. The van der Waals surface area contributed by atoms with Gasteiger partial charge in [-0.25, -0.2) is 18.3 Å². The number of unbranched alkanes of at least 4 members (excludes halogenated alkanes) is 6. The molecule has 0 aliphatic heterocycles. The molecule has 0 unspecified atom stereocenters. The zero-order valence-corrected chi connectivity index (χ0v) is 15.9. The first-order valence-corrected chi connectivity index (χ1v) is 10.0. The van der Waals surface area contributed by atoms with Crippen molar-refractivity contribution < 1.29 is 14.2 Å². The van der Waals surface area contributed by atoms with Gasteiger partial charge in [-0.1, -0.05) is 26.2 Å². The lowest BCUT2D eigenvalue weighted by Gasteiger charge is -2.01. The molecule has 0 saturated heterocycles. The highest BCUT2D eigenvalue weighted by atomic mass is 16.3. The Morgan fingerprint density at radius 2 is 1.28 bits per heavy atom. The van der Waals surface area contributed by atoms with E-state index in [1.807, 2.05) is 10.8 Å². The Bertz CT molecular complexity index is 526. The van der Waals surface area contributed by atoms with Gasteiger partial charge in [-0.2, -0.15) is 0 Å². The molecule has 140 valence electrons. The molecule has 0 amide bonds. The van der Waals surface area contributed by atoms with Crippen LogP contribution in [0.3, 0.4) is 0 Å².